The quantitative estimate of drug-likeness (QED) is 0.155. The summed E-state index contributed by atoms with van der Waals surface area (Å²) in [5.41, 5.74) is 17.7. The maximum absolute atomic E-state index is 2.54. The molecule has 0 fully saturated rings. The van der Waals surface area contributed by atoms with E-state index < -0.39 is 0 Å². The highest BCUT2D eigenvalue weighted by atomic mass is 14.4. The molecular formula is C57H40. The summed E-state index contributed by atoms with van der Waals surface area (Å²) in [7, 11) is 0. The maximum Gasteiger partial charge on any atom is 0.0159 e. The van der Waals surface area contributed by atoms with Gasteiger partial charge in [-0.05, 0) is 128 Å². The van der Waals surface area contributed by atoms with Crippen molar-refractivity contribution < 1.29 is 0 Å². The highest BCUT2D eigenvalue weighted by Gasteiger charge is 2.37. The van der Waals surface area contributed by atoms with Crippen LogP contribution in [0.3, 0.4) is 0 Å². The van der Waals surface area contributed by atoms with Crippen LogP contribution in [0.4, 0.5) is 0 Å². The number of rotatable bonds is 5. The fraction of sp³-hybridized carbons (Fsp3) is 0.0526. The highest BCUT2D eigenvalue weighted by Crippen LogP contribution is 2.54. The lowest BCUT2D eigenvalue weighted by molar-refractivity contribution is 0.661. The van der Waals surface area contributed by atoms with Crippen LogP contribution in [0.5, 0.6) is 0 Å². The van der Waals surface area contributed by atoms with E-state index in [2.05, 4.69) is 220 Å². The Kier molecular flexibility index (Phi) is 7.63. The summed E-state index contributed by atoms with van der Waals surface area (Å²) in [6.45, 7) is 4.82. The third kappa shape index (κ3) is 5.36. The lowest BCUT2D eigenvalue weighted by Crippen LogP contribution is -2.15. The van der Waals surface area contributed by atoms with Crippen molar-refractivity contribution in [3.63, 3.8) is 0 Å². The standard InChI is InChI=1S/C57H40/c1-57(2)53-34-44(46-23-13-19-41-18-9-10-20-45(41)46)32-33-47(53)50-35-51-52(36-54(50)57)56(43-30-26-40(27-31-43)38-16-7-4-8-17-38)49-22-12-11-21-48(49)55(51)42-28-24-39(25-29-42)37-14-5-3-6-15-37/h3-36H,1-2H3. The van der Waals surface area contributed by atoms with E-state index in [-0.39, 0.29) is 5.41 Å². The average molecular weight is 725 g/mol. The lowest BCUT2D eigenvalue weighted by Gasteiger charge is -2.24. The summed E-state index contributed by atoms with van der Waals surface area (Å²) < 4.78 is 0. The second-order valence-corrected chi connectivity index (χ2v) is 16.0. The lowest BCUT2D eigenvalue weighted by atomic mass is 9.79. The van der Waals surface area contributed by atoms with E-state index in [1.807, 2.05) is 0 Å². The molecule has 0 unspecified atom stereocenters. The fourth-order valence-electron chi connectivity index (χ4n) is 9.59. The summed E-state index contributed by atoms with van der Waals surface area (Å²) in [6, 6.07) is 76.4. The molecule has 0 saturated heterocycles. The van der Waals surface area contributed by atoms with Crippen molar-refractivity contribution >= 4 is 32.3 Å². The van der Waals surface area contributed by atoms with E-state index in [0.29, 0.717) is 0 Å². The molecule has 0 heteroatoms. The Bertz CT molecular complexity index is 3140. The van der Waals surface area contributed by atoms with Gasteiger partial charge in [0.05, 0.1) is 0 Å². The van der Waals surface area contributed by atoms with Crippen LogP contribution in [0.25, 0.3) is 99.1 Å². The molecular weight excluding hydrogens is 685 g/mol. The smallest absolute Gasteiger partial charge is 0.0159 e. The Morgan fingerprint density at radius 3 is 1.30 bits per heavy atom. The van der Waals surface area contributed by atoms with Crippen molar-refractivity contribution in [2.24, 2.45) is 0 Å². The number of hydrogen-bond acceptors (Lipinski definition) is 0. The molecule has 0 saturated carbocycles. The molecule has 0 aromatic heterocycles. The van der Waals surface area contributed by atoms with Crippen LogP contribution in [0.15, 0.2) is 206 Å². The zero-order valence-electron chi connectivity index (χ0n) is 32.1. The highest BCUT2D eigenvalue weighted by molar-refractivity contribution is 6.22. The van der Waals surface area contributed by atoms with E-state index in [9.17, 15) is 0 Å². The van der Waals surface area contributed by atoms with E-state index >= 15 is 0 Å². The van der Waals surface area contributed by atoms with Gasteiger partial charge < -0.3 is 0 Å². The number of benzene rings is 10. The van der Waals surface area contributed by atoms with Crippen molar-refractivity contribution in [3.8, 4) is 66.8 Å². The summed E-state index contributed by atoms with van der Waals surface area (Å²) in [5.74, 6) is 0. The van der Waals surface area contributed by atoms with Crippen LogP contribution in [0, 0.1) is 0 Å². The van der Waals surface area contributed by atoms with Gasteiger partial charge in [0.25, 0.3) is 0 Å². The normalized spacial score (nSPS) is 12.9. The van der Waals surface area contributed by atoms with Gasteiger partial charge in [0.15, 0.2) is 0 Å². The molecule has 57 heavy (non-hydrogen) atoms. The van der Waals surface area contributed by atoms with Crippen LogP contribution < -0.4 is 0 Å². The summed E-state index contributed by atoms with van der Waals surface area (Å²) in [6.07, 6.45) is 0. The first kappa shape index (κ1) is 33.3. The second-order valence-electron chi connectivity index (χ2n) is 16.0. The zero-order chi connectivity index (χ0) is 38.1. The number of hydrogen-bond donors (Lipinski definition) is 0. The molecule has 268 valence electrons. The molecule has 11 rings (SSSR count). The van der Waals surface area contributed by atoms with Crippen molar-refractivity contribution in [2.75, 3.05) is 0 Å². The van der Waals surface area contributed by atoms with Crippen LogP contribution in [0.1, 0.15) is 25.0 Å². The summed E-state index contributed by atoms with van der Waals surface area (Å²) in [4.78, 5) is 0. The molecule has 0 nitrogen and oxygen atoms in total. The number of fused-ring (bicyclic) bond motifs is 6. The Morgan fingerprint density at radius 2 is 0.702 bits per heavy atom. The first-order valence-electron chi connectivity index (χ1n) is 20.0. The molecule has 0 spiro atoms. The minimum absolute atomic E-state index is 0.197. The van der Waals surface area contributed by atoms with E-state index in [1.165, 1.54) is 110 Å². The minimum atomic E-state index is -0.197. The molecule has 0 atom stereocenters. The van der Waals surface area contributed by atoms with E-state index in [0.717, 1.165) is 0 Å². The Balaban J connectivity index is 1.16. The molecule has 1 aliphatic carbocycles. The molecule has 0 bridgehead atoms. The van der Waals surface area contributed by atoms with Crippen molar-refractivity contribution in [1.29, 1.82) is 0 Å². The SMILES string of the molecule is CC1(C)c2cc(-c3cccc4ccccc34)ccc2-c2cc3c(-c4ccc(-c5ccccc5)cc4)c4ccccc4c(-c4ccc(-c5ccccc5)cc4)c3cc21. The largest absolute Gasteiger partial charge is 0.0622 e. The van der Waals surface area contributed by atoms with Crippen molar-refractivity contribution in [2.45, 2.75) is 19.3 Å². The van der Waals surface area contributed by atoms with Gasteiger partial charge in [0.1, 0.15) is 0 Å². The second kappa shape index (κ2) is 13.0. The van der Waals surface area contributed by atoms with Crippen LogP contribution in [0.2, 0.25) is 0 Å². The molecule has 0 radical (unpaired) electrons. The topological polar surface area (TPSA) is 0 Å². The van der Waals surface area contributed by atoms with Gasteiger partial charge in [-0.2, -0.15) is 0 Å². The monoisotopic (exact) mass is 724 g/mol. The van der Waals surface area contributed by atoms with Gasteiger partial charge in [0.2, 0.25) is 0 Å². The van der Waals surface area contributed by atoms with Gasteiger partial charge in [0, 0.05) is 5.41 Å². The predicted octanol–water partition coefficient (Wildman–Crippen LogP) is 15.8. The molecule has 10 aromatic carbocycles. The minimum Gasteiger partial charge on any atom is -0.0622 e. The van der Waals surface area contributed by atoms with Gasteiger partial charge in [-0.25, -0.2) is 0 Å². The Hall–Kier alpha value is -7.02. The van der Waals surface area contributed by atoms with Crippen molar-refractivity contribution in [3.05, 3.63) is 217 Å². The van der Waals surface area contributed by atoms with E-state index in [1.54, 1.807) is 0 Å². The first-order valence-corrected chi connectivity index (χ1v) is 20.0. The maximum atomic E-state index is 2.54. The van der Waals surface area contributed by atoms with Gasteiger partial charge in [-0.3, -0.25) is 0 Å². The summed E-state index contributed by atoms with van der Waals surface area (Å²) >= 11 is 0. The third-order valence-corrected chi connectivity index (χ3v) is 12.5. The van der Waals surface area contributed by atoms with Gasteiger partial charge in [-0.15, -0.1) is 0 Å². The van der Waals surface area contributed by atoms with Crippen LogP contribution >= 0.6 is 0 Å². The predicted molar refractivity (Wildman–Crippen MR) is 244 cm³/mol. The molecule has 0 N–H and O–H groups in total. The Labute approximate surface area is 334 Å². The van der Waals surface area contributed by atoms with Crippen LogP contribution in [-0.2, 0) is 5.41 Å². The molecule has 0 heterocycles. The first-order chi connectivity index (χ1) is 28.0. The van der Waals surface area contributed by atoms with Gasteiger partial charge in [-0.1, -0.05) is 202 Å². The Morgan fingerprint density at radius 1 is 0.263 bits per heavy atom. The zero-order valence-corrected chi connectivity index (χ0v) is 32.1. The van der Waals surface area contributed by atoms with Crippen molar-refractivity contribution in [1.82, 2.24) is 0 Å². The molecule has 1 aliphatic rings. The summed E-state index contributed by atoms with van der Waals surface area (Å²) in [5, 5.41) is 7.66. The third-order valence-electron chi connectivity index (χ3n) is 12.5. The average Bonchev–Trinajstić information content (AvgIpc) is 3.49. The van der Waals surface area contributed by atoms with Crippen LogP contribution in [-0.4, -0.2) is 0 Å². The molecule has 0 amide bonds. The van der Waals surface area contributed by atoms with Gasteiger partial charge >= 0.3 is 0 Å². The molecule has 10 aromatic rings. The molecule has 0 aliphatic heterocycles. The fourth-order valence-corrected chi connectivity index (χ4v) is 9.59. The van der Waals surface area contributed by atoms with E-state index in [4.69, 9.17) is 0 Å².